The first-order valence-corrected chi connectivity index (χ1v) is 6.62. The molecule has 4 nitrogen and oxygen atoms in total. The Morgan fingerprint density at radius 2 is 2.11 bits per heavy atom. The number of hydrogen-bond acceptors (Lipinski definition) is 3. The number of carbonyl (C=O) groups is 1. The molecule has 96 valence electrons. The van der Waals surface area contributed by atoms with Gasteiger partial charge in [-0.2, -0.15) is 0 Å². The van der Waals surface area contributed by atoms with E-state index in [1.165, 1.54) is 0 Å². The summed E-state index contributed by atoms with van der Waals surface area (Å²) in [7, 11) is 0. The third-order valence-electron chi connectivity index (χ3n) is 4.12. The predicted octanol–water partition coefficient (Wildman–Crippen LogP) is 1.46. The number of piperidine rings is 1. The number of pyridine rings is 1. The summed E-state index contributed by atoms with van der Waals surface area (Å²) in [5.74, 6) is 1.07. The average Bonchev–Trinajstić information content (AvgIpc) is 2.60. The number of fused-ring (bicyclic) bond motifs is 1. The van der Waals surface area contributed by atoms with Gasteiger partial charge in [0.2, 0.25) is 5.91 Å². The van der Waals surface area contributed by atoms with E-state index in [4.69, 9.17) is 0 Å². The largest absolute Gasteiger partial charge is 0.317 e. The molecule has 0 bridgehead atoms. The zero-order chi connectivity index (χ0) is 12.8. The van der Waals surface area contributed by atoms with Crippen LogP contribution in [0.2, 0.25) is 0 Å². The van der Waals surface area contributed by atoms with Crippen molar-refractivity contribution in [2.75, 3.05) is 18.0 Å². The lowest BCUT2D eigenvalue weighted by molar-refractivity contribution is -0.122. The van der Waals surface area contributed by atoms with Crippen LogP contribution in [0.25, 0.3) is 0 Å². The molecule has 0 atom stereocenters. The van der Waals surface area contributed by atoms with Gasteiger partial charge >= 0.3 is 0 Å². The number of nitrogens with zero attached hydrogens (tertiary/aromatic N) is 2. The van der Waals surface area contributed by atoms with Crippen molar-refractivity contribution in [3.63, 3.8) is 0 Å². The van der Waals surface area contributed by atoms with Crippen LogP contribution in [0.3, 0.4) is 0 Å². The van der Waals surface area contributed by atoms with E-state index in [2.05, 4.69) is 10.3 Å². The van der Waals surface area contributed by atoms with Crippen LogP contribution in [0.15, 0.2) is 18.3 Å². The summed E-state index contributed by atoms with van der Waals surface area (Å²) in [6.45, 7) is 5.96. The lowest BCUT2D eigenvalue weighted by Gasteiger charge is -2.32. The Hall–Kier alpha value is -1.42. The van der Waals surface area contributed by atoms with Crippen molar-refractivity contribution >= 4 is 11.7 Å². The number of carbonyl (C=O) groups excluding carboxylic acids is 1. The van der Waals surface area contributed by atoms with Crippen LogP contribution in [-0.2, 0) is 10.2 Å². The van der Waals surface area contributed by atoms with Gasteiger partial charge in [-0.15, -0.1) is 0 Å². The van der Waals surface area contributed by atoms with Crippen molar-refractivity contribution in [1.29, 1.82) is 0 Å². The Morgan fingerprint density at radius 1 is 1.39 bits per heavy atom. The first kappa shape index (κ1) is 11.7. The fourth-order valence-electron chi connectivity index (χ4n) is 2.99. The average molecular weight is 245 g/mol. The number of hydrogen-bond donors (Lipinski definition) is 1. The van der Waals surface area contributed by atoms with Gasteiger partial charge in [0.25, 0.3) is 0 Å². The van der Waals surface area contributed by atoms with Crippen molar-refractivity contribution in [3.8, 4) is 0 Å². The quantitative estimate of drug-likeness (QED) is 0.814. The molecule has 3 rings (SSSR count). The Kier molecular flexibility index (Phi) is 2.63. The van der Waals surface area contributed by atoms with Gasteiger partial charge in [-0.1, -0.05) is 6.07 Å². The molecule has 18 heavy (non-hydrogen) atoms. The van der Waals surface area contributed by atoms with E-state index in [0.29, 0.717) is 6.04 Å². The molecule has 3 heterocycles. The maximum Gasteiger partial charge on any atom is 0.238 e. The molecule has 1 saturated heterocycles. The molecule has 2 aliphatic heterocycles. The number of aromatic nitrogens is 1. The fraction of sp³-hybridized carbons (Fsp3) is 0.571. The molecule has 2 aliphatic rings. The minimum absolute atomic E-state index is 0.197. The first-order chi connectivity index (χ1) is 8.62. The molecule has 1 N–H and O–H groups in total. The van der Waals surface area contributed by atoms with E-state index >= 15 is 0 Å². The Labute approximate surface area is 107 Å². The van der Waals surface area contributed by atoms with E-state index in [-0.39, 0.29) is 5.91 Å². The topological polar surface area (TPSA) is 45.2 Å². The van der Waals surface area contributed by atoms with E-state index in [1.54, 1.807) is 6.20 Å². The van der Waals surface area contributed by atoms with Crippen LogP contribution >= 0.6 is 0 Å². The van der Waals surface area contributed by atoms with Crippen LogP contribution in [0, 0.1) is 0 Å². The summed E-state index contributed by atoms with van der Waals surface area (Å²) in [4.78, 5) is 19.0. The SMILES string of the molecule is CC1(C)C(=O)N(C2CCNCC2)c2ncccc21. The third kappa shape index (κ3) is 1.56. The molecule has 1 amide bonds. The summed E-state index contributed by atoms with van der Waals surface area (Å²) in [6.07, 6.45) is 3.80. The molecule has 0 spiro atoms. The molecule has 0 radical (unpaired) electrons. The second-order valence-corrected chi connectivity index (χ2v) is 5.66. The van der Waals surface area contributed by atoms with Gasteiger partial charge in [0.05, 0.1) is 5.41 Å². The van der Waals surface area contributed by atoms with Crippen molar-refractivity contribution < 1.29 is 4.79 Å². The lowest BCUT2D eigenvalue weighted by Crippen LogP contribution is -2.47. The maximum atomic E-state index is 12.6. The van der Waals surface area contributed by atoms with Crippen LogP contribution in [0.1, 0.15) is 32.3 Å². The molecule has 4 heteroatoms. The molecular weight excluding hydrogens is 226 g/mol. The minimum atomic E-state index is -0.436. The van der Waals surface area contributed by atoms with Gasteiger partial charge < -0.3 is 5.32 Å². The van der Waals surface area contributed by atoms with Crippen molar-refractivity contribution in [2.24, 2.45) is 0 Å². The van der Waals surface area contributed by atoms with E-state index < -0.39 is 5.41 Å². The third-order valence-corrected chi connectivity index (χ3v) is 4.12. The molecule has 1 aromatic heterocycles. The van der Waals surface area contributed by atoms with Crippen molar-refractivity contribution in [3.05, 3.63) is 23.9 Å². The normalized spacial score (nSPS) is 23.2. The summed E-state index contributed by atoms with van der Waals surface area (Å²) >= 11 is 0. The Morgan fingerprint density at radius 3 is 2.83 bits per heavy atom. The second kappa shape index (κ2) is 4.05. The van der Waals surface area contributed by atoms with Crippen molar-refractivity contribution in [2.45, 2.75) is 38.1 Å². The molecule has 0 aliphatic carbocycles. The van der Waals surface area contributed by atoms with Crippen molar-refractivity contribution in [1.82, 2.24) is 10.3 Å². The van der Waals surface area contributed by atoms with Crippen LogP contribution in [-0.4, -0.2) is 30.0 Å². The molecule has 1 fully saturated rings. The molecule has 0 saturated carbocycles. The van der Waals surface area contributed by atoms with Crippen LogP contribution in [0.5, 0.6) is 0 Å². The fourth-order valence-corrected chi connectivity index (χ4v) is 2.99. The standard InChI is InChI=1S/C14H19N3O/c1-14(2)11-4-3-7-16-12(11)17(13(14)18)10-5-8-15-9-6-10/h3-4,7,10,15H,5-6,8-9H2,1-2H3. The van der Waals surface area contributed by atoms with E-state index in [1.807, 2.05) is 30.9 Å². The number of anilines is 1. The number of amides is 1. The van der Waals surface area contributed by atoms with E-state index in [9.17, 15) is 4.79 Å². The molecule has 1 aromatic rings. The smallest absolute Gasteiger partial charge is 0.238 e. The zero-order valence-electron chi connectivity index (χ0n) is 10.9. The van der Waals surface area contributed by atoms with Crippen LogP contribution < -0.4 is 10.2 Å². The molecular formula is C14H19N3O. The summed E-state index contributed by atoms with van der Waals surface area (Å²) in [5, 5.41) is 3.34. The number of nitrogens with one attached hydrogen (secondary N) is 1. The first-order valence-electron chi connectivity index (χ1n) is 6.62. The molecule has 0 unspecified atom stereocenters. The summed E-state index contributed by atoms with van der Waals surface area (Å²) in [6, 6.07) is 4.25. The summed E-state index contributed by atoms with van der Waals surface area (Å²) in [5.41, 5.74) is 0.627. The highest BCUT2D eigenvalue weighted by atomic mass is 16.2. The second-order valence-electron chi connectivity index (χ2n) is 5.66. The van der Waals surface area contributed by atoms with E-state index in [0.717, 1.165) is 37.3 Å². The highest BCUT2D eigenvalue weighted by molar-refractivity contribution is 6.06. The van der Waals surface area contributed by atoms with Gasteiger partial charge in [-0.3, -0.25) is 9.69 Å². The lowest BCUT2D eigenvalue weighted by atomic mass is 9.87. The zero-order valence-corrected chi connectivity index (χ0v) is 10.9. The van der Waals surface area contributed by atoms with Gasteiger partial charge in [-0.25, -0.2) is 4.98 Å². The predicted molar refractivity (Wildman–Crippen MR) is 70.6 cm³/mol. The number of rotatable bonds is 1. The summed E-state index contributed by atoms with van der Waals surface area (Å²) < 4.78 is 0. The van der Waals surface area contributed by atoms with Gasteiger partial charge in [0.1, 0.15) is 5.82 Å². The minimum Gasteiger partial charge on any atom is -0.317 e. The van der Waals surface area contributed by atoms with Gasteiger partial charge in [-0.05, 0) is 45.8 Å². The Bertz CT molecular complexity index is 478. The van der Waals surface area contributed by atoms with Gasteiger partial charge in [0, 0.05) is 17.8 Å². The highest BCUT2D eigenvalue weighted by Crippen LogP contribution is 2.41. The van der Waals surface area contributed by atoms with Crippen LogP contribution in [0.4, 0.5) is 5.82 Å². The highest BCUT2D eigenvalue weighted by Gasteiger charge is 2.47. The molecule has 0 aromatic carbocycles. The Balaban J connectivity index is 2.03. The monoisotopic (exact) mass is 245 g/mol. The maximum absolute atomic E-state index is 12.6. The van der Waals surface area contributed by atoms with Gasteiger partial charge in [0.15, 0.2) is 0 Å².